The average Bonchev–Trinajstić information content (AvgIpc) is 3.00. The van der Waals surface area contributed by atoms with E-state index >= 15 is 0 Å². The molecule has 0 atom stereocenters. The van der Waals surface area contributed by atoms with Gasteiger partial charge in [0.1, 0.15) is 11.0 Å². The van der Waals surface area contributed by atoms with Gasteiger partial charge in [-0.05, 0) is 44.0 Å². The molecule has 0 spiro atoms. The molecule has 0 radical (unpaired) electrons. The molecule has 4 rings (SSSR count). The Labute approximate surface area is 154 Å². The van der Waals surface area contributed by atoms with Crippen LogP contribution in [0.4, 0.5) is 10.8 Å². The molecule has 0 aliphatic carbocycles. The second-order valence-electron chi connectivity index (χ2n) is 6.20. The number of aromatic nitrogens is 4. The average molecular weight is 363 g/mol. The molecule has 0 amide bonds. The van der Waals surface area contributed by atoms with Crippen molar-refractivity contribution in [2.45, 2.75) is 20.8 Å². The van der Waals surface area contributed by atoms with Gasteiger partial charge in [-0.3, -0.25) is 14.3 Å². The Hall–Kier alpha value is -3.06. The van der Waals surface area contributed by atoms with Crippen molar-refractivity contribution in [1.82, 2.24) is 19.5 Å². The minimum atomic E-state index is -0.106. The van der Waals surface area contributed by atoms with E-state index in [1.165, 1.54) is 16.9 Å². The lowest BCUT2D eigenvalue weighted by Gasteiger charge is -2.13. The number of hydrogen-bond donors (Lipinski definition) is 1. The number of aryl methyl sites for hydroxylation is 3. The number of fused-ring (bicyclic) bond motifs is 1. The van der Waals surface area contributed by atoms with E-state index in [-0.39, 0.29) is 5.56 Å². The lowest BCUT2D eigenvalue weighted by Crippen LogP contribution is -2.19. The van der Waals surface area contributed by atoms with Crippen LogP contribution in [0, 0.1) is 20.8 Å². The van der Waals surface area contributed by atoms with Crippen LogP contribution in [0.3, 0.4) is 0 Å². The molecular formula is C19H17N5OS. The maximum atomic E-state index is 13.0. The lowest BCUT2D eigenvalue weighted by atomic mass is 10.1. The number of pyridine rings is 1. The summed E-state index contributed by atoms with van der Waals surface area (Å²) in [6.45, 7) is 6.07. The molecular weight excluding hydrogens is 346 g/mol. The van der Waals surface area contributed by atoms with Crippen LogP contribution in [-0.4, -0.2) is 19.5 Å². The van der Waals surface area contributed by atoms with E-state index in [9.17, 15) is 4.79 Å². The fourth-order valence-corrected chi connectivity index (χ4v) is 4.01. The van der Waals surface area contributed by atoms with Gasteiger partial charge in [-0.15, -0.1) is 0 Å². The van der Waals surface area contributed by atoms with Crippen molar-refractivity contribution in [1.29, 1.82) is 0 Å². The number of rotatable bonds is 3. The van der Waals surface area contributed by atoms with Gasteiger partial charge in [-0.1, -0.05) is 29.0 Å². The first-order chi connectivity index (χ1) is 12.5. The first-order valence-electron chi connectivity index (χ1n) is 8.16. The Balaban J connectivity index is 1.82. The predicted molar refractivity (Wildman–Crippen MR) is 105 cm³/mol. The van der Waals surface area contributed by atoms with E-state index in [1.807, 2.05) is 32.9 Å². The monoisotopic (exact) mass is 363 g/mol. The molecule has 4 aromatic rings. The van der Waals surface area contributed by atoms with Crippen LogP contribution in [0.2, 0.25) is 0 Å². The highest BCUT2D eigenvalue weighted by Gasteiger charge is 2.14. The van der Waals surface area contributed by atoms with Gasteiger partial charge >= 0.3 is 0 Å². The van der Waals surface area contributed by atoms with Gasteiger partial charge in [0.05, 0.1) is 5.69 Å². The van der Waals surface area contributed by atoms with Gasteiger partial charge in [0.2, 0.25) is 0 Å². The van der Waals surface area contributed by atoms with Crippen molar-refractivity contribution in [2.75, 3.05) is 5.32 Å². The number of anilines is 2. The second-order valence-corrected chi connectivity index (χ2v) is 7.20. The van der Waals surface area contributed by atoms with Crippen LogP contribution in [0.15, 0.2) is 47.8 Å². The minimum Gasteiger partial charge on any atom is -0.331 e. The summed E-state index contributed by atoms with van der Waals surface area (Å²) < 4.78 is 2.14. The molecule has 0 unspecified atom stereocenters. The lowest BCUT2D eigenvalue weighted by molar-refractivity contribution is 0.939. The SMILES string of the molecule is Cc1cc(C)c(-n2cnc3nc(Nc4ccncc4)sc3c2=O)c(C)c1. The van der Waals surface area contributed by atoms with Gasteiger partial charge < -0.3 is 5.32 Å². The first-order valence-corrected chi connectivity index (χ1v) is 8.98. The van der Waals surface area contributed by atoms with E-state index in [0.29, 0.717) is 15.5 Å². The minimum absolute atomic E-state index is 0.106. The van der Waals surface area contributed by atoms with Gasteiger partial charge in [0.25, 0.3) is 5.56 Å². The molecule has 1 N–H and O–H groups in total. The van der Waals surface area contributed by atoms with Gasteiger partial charge in [0.15, 0.2) is 10.8 Å². The molecule has 6 nitrogen and oxygen atoms in total. The summed E-state index contributed by atoms with van der Waals surface area (Å²) in [7, 11) is 0. The standard InChI is InChI=1S/C19H17N5OS/c1-11-8-12(2)15(13(3)9-11)24-10-21-17-16(18(24)25)26-19(23-17)22-14-4-6-20-7-5-14/h4-10H,1-3H3,(H,20,22,23). The van der Waals surface area contributed by atoms with Crippen molar-refractivity contribution in [3.8, 4) is 5.69 Å². The van der Waals surface area contributed by atoms with E-state index in [1.54, 1.807) is 23.3 Å². The van der Waals surface area contributed by atoms with Crippen molar-refractivity contribution in [3.63, 3.8) is 0 Å². The maximum absolute atomic E-state index is 13.0. The highest BCUT2D eigenvalue weighted by Crippen LogP contribution is 2.26. The Kier molecular flexibility index (Phi) is 4.00. The Bertz CT molecular complexity index is 1140. The summed E-state index contributed by atoms with van der Waals surface area (Å²) in [5.41, 5.74) is 5.36. The Morgan fingerprint density at radius 2 is 1.77 bits per heavy atom. The molecule has 26 heavy (non-hydrogen) atoms. The molecule has 3 heterocycles. The van der Waals surface area contributed by atoms with Crippen LogP contribution in [0.1, 0.15) is 16.7 Å². The highest BCUT2D eigenvalue weighted by atomic mass is 32.1. The molecule has 0 aliphatic heterocycles. The number of nitrogens with one attached hydrogen (secondary N) is 1. The maximum Gasteiger partial charge on any atom is 0.277 e. The molecule has 0 aliphatic rings. The quantitative estimate of drug-likeness (QED) is 0.597. The van der Waals surface area contributed by atoms with Crippen molar-refractivity contribution in [2.24, 2.45) is 0 Å². The summed E-state index contributed by atoms with van der Waals surface area (Å²) in [5.74, 6) is 0. The fraction of sp³-hybridized carbons (Fsp3) is 0.158. The van der Waals surface area contributed by atoms with Crippen LogP contribution in [-0.2, 0) is 0 Å². The molecule has 1 aromatic carbocycles. The molecule has 0 bridgehead atoms. The number of nitrogens with zero attached hydrogens (tertiary/aromatic N) is 4. The van der Waals surface area contributed by atoms with Gasteiger partial charge in [-0.25, -0.2) is 4.98 Å². The van der Waals surface area contributed by atoms with E-state index in [2.05, 4.69) is 32.4 Å². The second kappa shape index (κ2) is 6.34. The zero-order valence-corrected chi connectivity index (χ0v) is 15.5. The van der Waals surface area contributed by atoms with Crippen LogP contribution < -0.4 is 10.9 Å². The van der Waals surface area contributed by atoms with Gasteiger partial charge in [-0.2, -0.15) is 4.98 Å². The third-order valence-electron chi connectivity index (χ3n) is 4.13. The number of thiazole rings is 1. The molecule has 130 valence electrons. The number of benzene rings is 1. The molecule has 0 fully saturated rings. The molecule has 7 heteroatoms. The summed E-state index contributed by atoms with van der Waals surface area (Å²) >= 11 is 1.30. The third-order valence-corrected chi connectivity index (χ3v) is 5.07. The van der Waals surface area contributed by atoms with Crippen LogP contribution in [0.5, 0.6) is 0 Å². The summed E-state index contributed by atoms with van der Waals surface area (Å²) in [5, 5.41) is 3.82. The van der Waals surface area contributed by atoms with Crippen LogP contribution >= 0.6 is 11.3 Å². The fourth-order valence-electron chi connectivity index (χ4n) is 3.14. The zero-order valence-electron chi connectivity index (χ0n) is 14.6. The normalized spacial score (nSPS) is 11.0. The van der Waals surface area contributed by atoms with E-state index in [4.69, 9.17) is 0 Å². The Morgan fingerprint density at radius 3 is 2.46 bits per heavy atom. The smallest absolute Gasteiger partial charge is 0.277 e. The molecule has 0 saturated carbocycles. The van der Waals surface area contributed by atoms with Crippen molar-refractivity contribution < 1.29 is 0 Å². The van der Waals surface area contributed by atoms with E-state index < -0.39 is 0 Å². The number of hydrogen-bond acceptors (Lipinski definition) is 6. The summed E-state index contributed by atoms with van der Waals surface area (Å²) in [4.78, 5) is 25.8. The van der Waals surface area contributed by atoms with Crippen molar-refractivity contribution >= 4 is 32.5 Å². The van der Waals surface area contributed by atoms with Crippen LogP contribution in [0.25, 0.3) is 16.0 Å². The Morgan fingerprint density at radius 1 is 1.08 bits per heavy atom. The predicted octanol–water partition coefficient (Wildman–Crippen LogP) is 3.91. The molecule has 3 aromatic heterocycles. The molecule has 0 saturated heterocycles. The topological polar surface area (TPSA) is 72.7 Å². The van der Waals surface area contributed by atoms with E-state index in [0.717, 1.165) is 22.5 Å². The highest BCUT2D eigenvalue weighted by molar-refractivity contribution is 7.22. The zero-order chi connectivity index (χ0) is 18.3. The summed E-state index contributed by atoms with van der Waals surface area (Å²) in [6, 6.07) is 7.83. The van der Waals surface area contributed by atoms with Gasteiger partial charge in [0, 0.05) is 18.1 Å². The first kappa shape index (κ1) is 16.4. The van der Waals surface area contributed by atoms with Crippen molar-refractivity contribution in [3.05, 3.63) is 70.0 Å². The largest absolute Gasteiger partial charge is 0.331 e. The third kappa shape index (κ3) is 2.86. The summed E-state index contributed by atoms with van der Waals surface area (Å²) in [6.07, 6.45) is 4.96.